The van der Waals surface area contributed by atoms with E-state index >= 15 is 0 Å². The number of hydrogen-bond donors (Lipinski definition) is 2. The Hall–Kier alpha value is -1.57. The number of benzene rings is 1. The number of nitrogens with one attached hydrogen (secondary N) is 1. The van der Waals surface area contributed by atoms with E-state index in [0.717, 1.165) is 5.69 Å². The van der Waals surface area contributed by atoms with Crippen molar-refractivity contribution in [2.75, 3.05) is 18.5 Å². The van der Waals surface area contributed by atoms with Gasteiger partial charge < -0.3 is 10.2 Å². The molecule has 0 unspecified atom stereocenters. The molecule has 0 atom stereocenters. The van der Waals surface area contributed by atoms with Crippen molar-refractivity contribution in [3.8, 4) is 6.07 Å². The molecule has 0 aliphatic heterocycles. The summed E-state index contributed by atoms with van der Waals surface area (Å²) < 4.78 is 0. The van der Waals surface area contributed by atoms with Crippen molar-refractivity contribution in [2.45, 2.75) is 0 Å². The Bertz CT molecular complexity index is 306. The first-order valence-electron chi connectivity index (χ1n) is 3.93. The third-order valence-corrected chi connectivity index (χ3v) is 1.58. The number of nitriles is 1. The first-order chi connectivity index (χ1) is 6.38. The summed E-state index contributed by atoms with van der Waals surface area (Å²) in [6, 6.07) is 9.38. The van der Waals surface area contributed by atoms with Crippen molar-refractivity contribution in [2.24, 2.45) is 5.90 Å². The van der Waals surface area contributed by atoms with Crippen LogP contribution >= 0.6 is 0 Å². The maximum absolute atomic E-state index is 8.73. The highest BCUT2D eigenvalue weighted by Crippen LogP contribution is 2.12. The van der Waals surface area contributed by atoms with Crippen LogP contribution in [0.4, 0.5) is 5.69 Å². The van der Waals surface area contributed by atoms with Crippen LogP contribution in [0.5, 0.6) is 0 Å². The lowest BCUT2D eigenvalue weighted by Gasteiger charge is -2.05. The maximum Gasteiger partial charge on any atom is 0.101 e. The van der Waals surface area contributed by atoms with Gasteiger partial charge in [0, 0.05) is 6.54 Å². The minimum atomic E-state index is 0.416. The maximum atomic E-state index is 8.73. The van der Waals surface area contributed by atoms with E-state index in [0.29, 0.717) is 18.7 Å². The summed E-state index contributed by atoms with van der Waals surface area (Å²) in [4.78, 5) is 4.39. The van der Waals surface area contributed by atoms with Gasteiger partial charge in [0.25, 0.3) is 0 Å². The molecule has 0 saturated heterocycles. The molecule has 0 bridgehead atoms. The van der Waals surface area contributed by atoms with E-state index in [-0.39, 0.29) is 0 Å². The Morgan fingerprint density at radius 2 is 2.23 bits per heavy atom. The third kappa shape index (κ3) is 2.75. The van der Waals surface area contributed by atoms with Gasteiger partial charge in [0.15, 0.2) is 0 Å². The molecule has 0 aliphatic rings. The van der Waals surface area contributed by atoms with Crippen LogP contribution in [-0.2, 0) is 4.84 Å². The summed E-state index contributed by atoms with van der Waals surface area (Å²) in [5.74, 6) is 4.86. The third-order valence-electron chi connectivity index (χ3n) is 1.58. The van der Waals surface area contributed by atoms with Crippen molar-refractivity contribution < 1.29 is 4.84 Å². The van der Waals surface area contributed by atoms with Crippen LogP contribution in [-0.4, -0.2) is 13.2 Å². The number of anilines is 1. The summed E-state index contributed by atoms with van der Waals surface area (Å²) in [5.41, 5.74) is 1.43. The molecule has 1 aromatic carbocycles. The van der Waals surface area contributed by atoms with Gasteiger partial charge in [0.1, 0.15) is 6.07 Å². The number of nitrogens with zero attached hydrogens (tertiary/aromatic N) is 1. The van der Waals surface area contributed by atoms with Crippen molar-refractivity contribution in [1.29, 1.82) is 5.26 Å². The van der Waals surface area contributed by atoms with Gasteiger partial charge in [-0.1, -0.05) is 12.1 Å². The molecule has 0 spiro atoms. The van der Waals surface area contributed by atoms with Gasteiger partial charge in [-0.15, -0.1) is 0 Å². The summed E-state index contributed by atoms with van der Waals surface area (Å²) in [6.45, 7) is 1.01. The van der Waals surface area contributed by atoms with Gasteiger partial charge in [-0.3, -0.25) is 0 Å². The fourth-order valence-electron chi connectivity index (χ4n) is 0.979. The van der Waals surface area contributed by atoms with Crippen LogP contribution in [0.2, 0.25) is 0 Å². The summed E-state index contributed by atoms with van der Waals surface area (Å²) in [5, 5.41) is 11.8. The average Bonchev–Trinajstić information content (AvgIpc) is 2.19. The Labute approximate surface area is 76.9 Å². The highest BCUT2D eigenvalue weighted by atomic mass is 16.6. The zero-order chi connectivity index (χ0) is 9.52. The zero-order valence-electron chi connectivity index (χ0n) is 7.16. The monoisotopic (exact) mass is 177 g/mol. The molecule has 68 valence electrons. The fraction of sp³-hybridized carbons (Fsp3) is 0.222. The predicted molar refractivity (Wildman–Crippen MR) is 49.8 cm³/mol. The topological polar surface area (TPSA) is 71.1 Å². The average molecular weight is 177 g/mol. The second kappa shape index (κ2) is 5.14. The number of rotatable bonds is 4. The van der Waals surface area contributed by atoms with E-state index in [2.05, 4.69) is 16.2 Å². The van der Waals surface area contributed by atoms with Crippen LogP contribution in [0.15, 0.2) is 24.3 Å². The van der Waals surface area contributed by atoms with Crippen molar-refractivity contribution >= 4 is 5.69 Å². The lowest BCUT2D eigenvalue weighted by atomic mass is 10.2. The largest absolute Gasteiger partial charge is 0.382 e. The van der Waals surface area contributed by atoms with Gasteiger partial charge in [0.05, 0.1) is 17.9 Å². The summed E-state index contributed by atoms with van der Waals surface area (Å²) in [6.07, 6.45) is 0. The molecule has 0 aromatic heterocycles. The van der Waals surface area contributed by atoms with E-state index in [1.165, 1.54) is 0 Å². The summed E-state index contributed by atoms with van der Waals surface area (Å²) >= 11 is 0. The molecule has 4 heteroatoms. The van der Waals surface area contributed by atoms with Crippen LogP contribution in [0.3, 0.4) is 0 Å². The molecule has 0 aliphatic carbocycles. The Morgan fingerprint density at radius 1 is 1.46 bits per heavy atom. The van der Waals surface area contributed by atoms with Crippen molar-refractivity contribution in [3.63, 3.8) is 0 Å². The van der Waals surface area contributed by atoms with Gasteiger partial charge >= 0.3 is 0 Å². The highest BCUT2D eigenvalue weighted by Gasteiger charge is 1.97. The highest BCUT2D eigenvalue weighted by molar-refractivity contribution is 5.56. The zero-order valence-corrected chi connectivity index (χ0v) is 7.16. The van der Waals surface area contributed by atoms with Crippen LogP contribution in [0, 0.1) is 11.3 Å². The number of hydrogen-bond acceptors (Lipinski definition) is 4. The van der Waals surface area contributed by atoms with Gasteiger partial charge in [-0.25, -0.2) is 5.90 Å². The van der Waals surface area contributed by atoms with Gasteiger partial charge in [-0.05, 0) is 12.1 Å². The normalized spacial score (nSPS) is 9.23. The molecule has 4 nitrogen and oxygen atoms in total. The first kappa shape index (κ1) is 9.52. The van der Waals surface area contributed by atoms with Gasteiger partial charge in [0.2, 0.25) is 0 Å². The molecule has 3 N–H and O–H groups in total. The molecular formula is C9H11N3O. The number of para-hydroxylation sites is 1. The van der Waals surface area contributed by atoms with Crippen LogP contribution in [0.25, 0.3) is 0 Å². The van der Waals surface area contributed by atoms with E-state index in [9.17, 15) is 0 Å². The van der Waals surface area contributed by atoms with E-state index < -0.39 is 0 Å². The molecule has 0 saturated carbocycles. The molecule has 0 fully saturated rings. The molecule has 1 aromatic rings. The smallest absolute Gasteiger partial charge is 0.101 e. The fourth-order valence-corrected chi connectivity index (χ4v) is 0.979. The molecule has 0 radical (unpaired) electrons. The lowest BCUT2D eigenvalue weighted by molar-refractivity contribution is 0.148. The first-order valence-corrected chi connectivity index (χ1v) is 3.93. The minimum Gasteiger partial charge on any atom is -0.382 e. The quantitative estimate of drug-likeness (QED) is 0.528. The van der Waals surface area contributed by atoms with E-state index in [1.54, 1.807) is 6.07 Å². The number of nitrogens with two attached hydrogens (primary N) is 1. The van der Waals surface area contributed by atoms with Gasteiger partial charge in [-0.2, -0.15) is 5.26 Å². The van der Waals surface area contributed by atoms with E-state index in [4.69, 9.17) is 11.2 Å². The Kier molecular flexibility index (Phi) is 3.76. The molecule has 1 rings (SSSR count). The van der Waals surface area contributed by atoms with Crippen LogP contribution < -0.4 is 11.2 Å². The van der Waals surface area contributed by atoms with Crippen molar-refractivity contribution in [3.05, 3.63) is 29.8 Å². The Morgan fingerprint density at radius 3 is 2.92 bits per heavy atom. The molecule has 0 amide bonds. The SMILES string of the molecule is N#Cc1ccccc1NCCON. The molecular weight excluding hydrogens is 166 g/mol. The predicted octanol–water partition coefficient (Wildman–Crippen LogP) is 0.860. The standard InChI is InChI=1S/C9H11N3O/c10-7-8-3-1-2-4-9(8)12-5-6-13-11/h1-4,12H,5-6,11H2. The van der Waals surface area contributed by atoms with Crippen molar-refractivity contribution in [1.82, 2.24) is 0 Å². The van der Waals surface area contributed by atoms with E-state index in [1.807, 2.05) is 18.2 Å². The summed E-state index contributed by atoms with van der Waals surface area (Å²) in [7, 11) is 0. The second-order valence-electron chi connectivity index (χ2n) is 2.45. The molecule has 13 heavy (non-hydrogen) atoms. The minimum absolute atomic E-state index is 0.416. The second-order valence-corrected chi connectivity index (χ2v) is 2.45. The molecule has 0 heterocycles. The van der Waals surface area contributed by atoms with Crippen LogP contribution in [0.1, 0.15) is 5.56 Å². The Balaban J connectivity index is 2.60. The lowest BCUT2D eigenvalue weighted by Crippen LogP contribution is -2.12.